The summed E-state index contributed by atoms with van der Waals surface area (Å²) in [7, 11) is 17.5. The van der Waals surface area contributed by atoms with Crippen LogP contribution < -0.4 is 9.47 Å². The fraction of sp³-hybridized carbons (Fsp3) is 0.222. The van der Waals surface area contributed by atoms with E-state index >= 15 is 0 Å². The number of rotatable bonds is 3. The molecule has 0 aliphatic rings. The van der Waals surface area contributed by atoms with Crippen LogP contribution in [0.1, 0.15) is 24.2 Å². The molecule has 31 heavy (non-hydrogen) atoms. The minimum atomic E-state index is -1.72. The van der Waals surface area contributed by atoms with Crippen molar-refractivity contribution in [1.29, 1.82) is 0 Å². The summed E-state index contributed by atoms with van der Waals surface area (Å²) in [5.41, 5.74) is -0.527. The molecule has 0 saturated heterocycles. The third-order valence-electron chi connectivity index (χ3n) is 2.68. The van der Waals surface area contributed by atoms with Gasteiger partial charge in [0.05, 0.1) is 19.8 Å². The van der Waals surface area contributed by atoms with Gasteiger partial charge in [-0.05, 0) is 18.5 Å². The van der Waals surface area contributed by atoms with Crippen molar-refractivity contribution in [2.45, 2.75) is 13.8 Å². The second kappa shape index (κ2) is 17.4. The summed E-state index contributed by atoms with van der Waals surface area (Å²) in [5, 5.41) is -0.361. The smallest absolute Gasteiger partial charge is 0.497 e. The molecule has 0 amide bonds. The van der Waals surface area contributed by atoms with Crippen LogP contribution in [0.15, 0.2) is 30.3 Å². The highest BCUT2D eigenvalue weighted by atomic mass is 35.8. The number of ketones is 1. The number of methoxy groups -OCH3 is 2. The van der Waals surface area contributed by atoms with Gasteiger partial charge in [0.15, 0.2) is 5.78 Å². The standard InChI is InChI=1S/C9H8F2O2.C7H6F2O.C2H3ClO.Al.3ClH/c1-5(12)9-7(10)3-6(13-2)4-8(9)11;1-10-7-3-5(8)2-6(9)4-7;1-2(3)4;;;;/h3-4H,1-2H3;2-4H,1H3;1H3;;3*1H/q;;;+3;;;/p-3. The van der Waals surface area contributed by atoms with Gasteiger partial charge in [0.25, 0.3) is 0 Å². The first-order valence-corrected chi connectivity index (χ1v) is 13.5. The summed E-state index contributed by atoms with van der Waals surface area (Å²) in [6.45, 7) is 2.40. The van der Waals surface area contributed by atoms with E-state index in [0.29, 0.717) is 0 Å². The summed E-state index contributed by atoms with van der Waals surface area (Å²) >= 11 is 2.91. The van der Waals surface area contributed by atoms with E-state index in [1.165, 1.54) is 21.1 Å². The number of Topliss-reactive ketones (excluding diaryl/α,β-unsaturated/α-hetero) is 1. The zero-order chi connectivity index (χ0) is 24.7. The minimum absolute atomic E-state index is 0.0556. The van der Waals surface area contributed by atoms with Crippen molar-refractivity contribution in [1.82, 2.24) is 0 Å². The molecule has 13 heteroatoms. The number of carbonyl (C=O) groups is 2. The number of halogens is 8. The average Bonchev–Trinajstić information content (AvgIpc) is 2.59. The lowest BCUT2D eigenvalue weighted by Gasteiger charge is -2.03. The Bertz CT molecular complexity index is 807. The highest BCUT2D eigenvalue weighted by Crippen LogP contribution is 2.20. The van der Waals surface area contributed by atoms with E-state index < -0.39 is 46.0 Å². The Labute approximate surface area is 198 Å². The van der Waals surface area contributed by atoms with Crippen LogP contribution in [0.2, 0.25) is 0 Å². The molecule has 172 valence electrons. The fourth-order valence-electron chi connectivity index (χ4n) is 1.65. The Morgan fingerprint density at radius 3 is 1.32 bits per heavy atom. The van der Waals surface area contributed by atoms with Crippen LogP contribution in [-0.4, -0.2) is 36.6 Å². The predicted octanol–water partition coefficient (Wildman–Crippen LogP) is 6.61. The molecule has 4 nitrogen and oxygen atoms in total. The number of carbonyl (C=O) groups excluding carboxylic acids is 2. The number of hydrogen-bond donors (Lipinski definition) is 0. The number of benzene rings is 2. The lowest BCUT2D eigenvalue weighted by Crippen LogP contribution is -2.02. The maximum Gasteiger partial charge on any atom is 0.643 e. The van der Waals surface area contributed by atoms with E-state index in [0.717, 1.165) is 37.3 Å². The SMILES string of the molecule is CC(=O)Cl.COc1cc(F)c(C(C)=O)c(F)c1.COc1cc(F)cc(F)c1.[Cl][Al]([Cl])[Cl]. The average molecular weight is 542 g/mol. The lowest BCUT2D eigenvalue weighted by atomic mass is 10.1. The normalized spacial score (nSPS) is 8.90. The van der Waals surface area contributed by atoms with Gasteiger partial charge in [0, 0.05) is 37.3 Å². The van der Waals surface area contributed by atoms with Gasteiger partial charge in [-0.2, -0.15) is 0 Å². The zero-order valence-electron chi connectivity index (χ0n) is 16.6. The maximum atomic E-state index is 13.0. The molecule has 0 aromatic heterocycles. The second-order valence-electron chi connectivity index (χ2n) is 5.05. The molecule has 0 saturated carbocycles. The molecule has 0 aliphatic carbocycles. The van der Waals surface area contributed by atoms with Crippen molar-refractivity contribution in [2.24, 2.45) is 0 Å². The van der Waals surface area contributed by atoms with Crippen LogP contribution in [0.4, 0.5) is 17.6 Å². The summed E-state index contributed by atoms with van der Waals surface area (Å²) in [4.78, 5) is 20.0. The van der Waals surface area contributed by atoms with Gasteiger partial charge in [0.1, 0.15) is 34.8 Å². The summed E-state index contributed by atoms with van der Waals surface area (Å²) in [6, 6.07) is 4.97. The van der Waals surface area contributed by atoms with Gasteiger partial charge < -0.3 is 9.47 Å². The van der Waals surface area contributed by atoms with Crippen molar-refractivity contribution in [3.8, 4) is 11.5 Å². The van der Waals surface area contributed by atoms with Crippen molar-refractivity contribution in [3.63, 3.8) is 0 Å². The Morgan fingerprint density at radius 1 is 0.774 bits per heavy atom. The molecule has 0 bridgehead atoms. The Morgan fingerprint density at radius 2 is 1.06 bits per heavy atom. The van der Waals surface area contributed by atoms with Crippen LogP contribution in [0, 0.1) is 23.3 Å². The molecule has 2 aromatic rings. The van der Waals surface area contributed by atoms with Gasteiger partial charge in [-0.1, -0.05) is 0 Å². The molecule has 0 fully saturated rings. The van der Waals surface area contributed by atoms with Crippen molar-refractivity contribution < 1.29 is 36.6 Å². The van der Waals surface area contributed by atoms with Gasteiger partial charge in [-0.15, -0.1) is 0 Å². The van der Waals surface area contributed by atoms with Crippen molar-refractivity contribution in [3.05, 3.63) is 59.2 Å². The third-order valence-corrected chi connectivity index (χ3v) is 2.68. The molecule has 2 rings (SSSR count). The van der Waals surface area contributed by atoms with Crippen LogP contribution >= 0.6 is 41.7 Å². The van der Waals surface area contributed by atoms with Crippen molar-refractivity contribution >= 4 is 64.2 Å². The van der Waals surface area contributed by atoms with Crippen LogP contribution in [-0.2, 0) is 4.79 Å². The number of hydrogen-bond acceptors (Lipinski definition) is 4. The van der Waals surface area contributed by atoms with E-state index in [1.807, 2.05) is 0 Å². The van der Waals surface area contributed by atoms with Crippen LogP contribution in [0.25, 0.3) is 0 Å². The molecule has 0 unspecified atom stereocenters. The molecule has 0 atom stereocenters. The van der Waals surface area contributed by atoms with Gasteiger partial charge in [-0.3, -0.25) is 9.59 Å². The quantitative estimate of drug-likeness (QED) is 0.190. The number of ether oxygens (including phenoxy) is 2. The minimum Gasteiger partial charge on any atom is -0.497 e. The summed E-state index contributed by atoms with van der Waals surface area (Å²) in [5.74, 6) is -3.45. The third kappa shape index (κ3) is 17.1. The second-order valence-corrected chi connectivity index (χ2v) is 12.0. The van der Waals surface area contributed by atoms with E-state index in [4.69, 9.17) is 30.1 Å². The van der Waals surface area contributed by atoms with Gasteiger partial charge in [-0.25, -0.2) is 47.7 Å². The van der Waals surface area contributed by atoms with Gasteiger partial charge >= 0.3 is 11.4 Å². The molecular formula is C18H17AlCl4F4O4. The predicted molar refractivity (Wildman–Crippen MR) is 116 cm³/mol. The first kappa shape index (κ1) is 32.0. The molecule has 0 heterocycles. The monoisotopic (exact) mass is 540 g/mol. The molecule has 2 aromatic carbocycles. The van der Waals surface area contributed by atoms with E-state index in [9.17, 15) is 27.2 Å². The highest BCUT2D eigenvalue weighted by molar-refractivity contribution is 7.54. The van der Waals surface area contributed by atoms with Gasteiger partial charge in [0.2, 0.25) is 5.24 Å². The van der Waals surface area contributed by atoms with E-state index in [2.05, 4.69) is 21.1 Å². The van der Waals surface area contributed by atoms with Crippen LogP contribution in [0.3, 0.4) is 0 Å². The van der Waals surface area contributed by atoms with Crippen molar-refractivity contribution in [2.75, 3.05) is 14.2 Å². The fourth-order valence-corrected chi connectivity index (χ4v) is 1.65. The molecule has 0 aliphatic heterocycles. The van der Waals surface area contributed by atoms with Crippen LogP contribution in [0.5, 0.6) is 11.5 Å². The zero-order valence-corrected chi connectivity index (χ0v) is 20.8. The molecule has 0 spiro atoms. The maximum absolute atomic E-state index is 13.0. The summed E-state index contributed by atoms with van der Waals surface area (Å²) < 4.78 is 59.8. The molecule has 0 N–H and O–H groups in total. The van der Waals surface area contributed by atoms with E-state index in [1.54, 1.807) is 0 Å². The Kier molecular flexibility index (Phi) is 17.9. The lowest BCUT2D eigenvalue weighted by molar-refractivity contribution is -0.109. The first-order chi connectivity index (χ1) is 14.2. The Balaban J connectivity index is 0. The topological polar surface area (TPSA) is 52.6 Å². The highest BCUT2D eigenvalue weighted by Gasteiger charge is 2.15. The first-order valence-electron chi connectivity index (χ1n) is 7.87. The molecular weight excluding hydrogens is 525 g/mol. The molecule has 0 radical (unpaired) electrons. The van der Waals surface area contributed by atoms with E-state index in [-0.39, 0.29) is 16.7 Å². The Hall–Kier alpha value is -1.21. The summed E-state index contributed by atoms with van der Waals surface area (Å²) in [6.07, 6.45) is 0. The largest absolute Gasteiger partial charge is 0.643 e.